The number of anilines is 1. The van der Waals surface area contributed by atoms with Gasteiger partial charge in [0.2, 0.25) is 0 Å². The zero-order valence-electron chi connectivity index (χ0n) is 7.79. The maximum absolute atomic E-state index is 4.61. The number of hydrazone groups is 1. The van der Waals surface area contributed by atoms with Crippen LogP contribution in [0, 0.1) is 0 Å². The van der Waals surface area contributed by atoms with Crippen LogP contribution in [-0.2, 0) is 0 Å². The van der Waals surface area contributed by atoms with E-state index in [4.69, 9.17) is 0 Å². The summed E-state index contributed by atoms with van der Waals surface area (Å²) < 4.78 is 0. The molecule has 0 aromatic carbocycles. The summed E-state index contributed by atoms with van der Waals surface area (Å²) >= 11 is 5.27. The highest BCUT2D eigenvalue weighted by molar-refractivity contribution is 8.15. The van der Waals surface area contributed by atoms with Crippen molar-refractivity contribution in [2.75, 3.05) is 10.9 Å². The Balaban J connectivity index is 1.87. The molecule has 0 unspecified atom stereocenters. The number of hydrogen-bond acceptors (Lipinski definition) is 5. The van der Waals surface area contributed by atoms with E-state index >= 15 is 0 Å². The maximum Gasteiger partial charge on any atom is 0.136 e. The smallest absolute Gasteiger partial charge is 0.136 e. The molecule has 0 saturated heterocycles. The zero-order chi connectivity index (χ0) is 10.1. The second-order valence-corrected chi connectivity index (χ2v) is 5.81. The second kappa shape index (κ2) is 4.00. The quantitative estimate of drug-likeness (QED) is 0.810. The van der Waals surface area contributed by atoms with E-state index in [-0.39, 0.29) is 0 Å². The molecule has 0 saturated carbocycles. The van der Waals surface area contributed by atoms with Crippen LogP contribution in [0.3, 0.4) is 0 Å². The number of thiophene rings is 2. The SMILES string of the molecule is c1csc(C2=NN(c3cccs3)CS2)c1. The van der Waals surface area contributed by atoms with Gasteiger partial charge in [-0.15, -0.1) is 22.7 Å². The third-order valence-corrected chi connectivity index (χ3v) is 4.86. The molecule has 15 heavy (non-hydrogen) atoms. The molecule has 5 heteroatoms. The molecule has 2 aromatic rings. The van der Waals surface area contributed by atoms with Crippen molar-refractivity contribution >= 4 is 44.5 Å². The first-order chi connectivity index (χ1) is 7.43. The first-order valence-corrected chi connectivity index (χ1v) is 7.24. The van der Waals surface area contributed by atoms with E-state index in [0.717, 1.165) is 10.9 Å². The Morgan fingerprint density at radius 3 is 2.73 bits per heavy atom. The van der Waals surface area contributed by atoms with E-state index in [1.807, 2.05) is 0 Å². The lowest BCUT2D eigenvalue weighted by molar-refractivity contribution is 1.03. The number of hydrogen-bond donors (Lipinski definition) is 0. The van der Waals surface area contributed by atoms with E-state index in [2.05, 4.69) is 45.1 Å². The largest absolute Gasteiger partial charge is 0.244 e. The lowest BCUT2D eigenvalue weighted by Crippen LogP contribution is -2.08. The molecule has 2 nitrogen and oxygen atoms in total. The van der Waals surface area contributed by atoms with E-state index in [1.165, 1.54) is 9.88 Å². The van der Waals surface area contributed by atoms with Crippen LogP contribution in [0.5, 0.6) is 0 Å². The van der Waals surface area contributed by atoms with Gasteiger partial charge in [0.25, 0.3) is 0 Å². The van der Waals surface area contributed by atoms with Crippen molar-refractivity contribution in [3.05, 3.63) is 39.9 Å². The van der Waals surface area contributed by atoms with Gasteiger partial charge in [0.05, 0.1) is 10.8 Å². The van der Waals surface area contributed by atoms with Gasteiger partial charge in [0.15, 0.2) is 0 Å². The molecule has 0 radical (unpaired) electrons. The Hall–Kier alpha value is -0.780. The van der Waals surface area contributed by atoms with E-state index in [0.29, 0.717) is 0 Å². The van der Waals surface area contributed by atoms with Crippen LogP contribution in [0.1, 0.15) is 4.88 Å². The predicted molar refractivity (Wildman–Crippen MR) is 70.1 cm³/mol. The van der Waals surface area contributed by atoms with Gasteiger partial charge < -0.3 is 0 Å². The Labute approximate surface area is 100 Å². The van der Waals surface area contributed by atoms with Gasteiger partial charge >= 0.3 is 0 Å². The van der Waals surface area contributed by atoms with Gasteiger partial charge in [-0.3, -0.25) is 0 Å². The fraction of sp³-hybridized carbons (Fsp3) is 0.100. The molecule has 0 bridgehead atoms. The van der Waals surface area contributed by atoms with Gasteiger partial charge in [-0.2, -0.15) is 5.10 Å². The van der Waals surface area contributed by atoms with E-state index in [9.17, 15) is 0 Å². The average Bonchev–Trinajstić information content (AvgIpc) is 3.02. The van der Waals surface area contributed by atoms with Crippen LogP contribution in [0.15, 0.2) is 40.1 Å². The van der Waals surface area contributed by atoms with Gasteiger partial charge in [-0.25, -0.2) is 5.01 Å². The molecular weight excluding hydrogens is 244 g/mol. The average molecular weight is 252 g/mol. The van der Waals surface area contributed by atoms with Crippen LogP contribution >= 0.6 is 34.4 Å². The number of rotatable bonds is 2. The van der Waals surface area contributed by atoms with Crippen LogP contribution < -0.4 is 5.01 Å². The molecule has 1 aliphatic rings. The zero-order valence-corrected chi connectivity index (χ0v) is 10.2. The minimum absolute atomic E-state index is 0.924. The Morgan fingerprint density at radius 1 is 1.13 bits per heavy atom. The normalized spacial score (nSPS) is 15.7. The third-order valence-electron chi connectivity index (χ3n) is 2.03. The van der Waals surface area contributed by atoms with Crippen molar-refractivity contribution in [1.82, 2.24) is 0 Å². The summed E-state index contributed by atoms with van der Waals surface area (Å²) in [7, 11) is 0. The van der Waals surface area contributed by atoms with Gasteiger partial charge in [0, 0.05) is 0 Å². The molecule has 0 amide bonds. The predicted octanol–water partition coefficient (Wildman–Crippen LogP) is 3.68. The highest BCUT2D eigenvalue weighted by Gasteiger charge is 2.18. The lowest BCUT2D eigenvalue weighted by atomic mass is 10.5. The van der Waals surface area contributed by atoms with Crippen molar-refractivity contribution in [3.8, 4) is 0 Å². The van der Waals surface area contributed by atoms with Gasteiger partial charge in [-0.1, -0.05) is 17.8 Å². The molecule has 0 fully saturated rings. The summed E-state index contributed by atoms with van der Waals surface area (Å²) in [5.74, 6) is 0.924. The minimum Gasteiger partial charge on any atom is -0.244 e. The fourth-order valence-electron chi connectivity index (χ4n) is 1.34. The van der Waals surface area contributed by atoms with Crippen LogP contribution in [0.25, 0.3) is 0 Å². The first-order valence-electron chi connectivity index (χ1n) is 4.50. The molecule has 0 spiro atoms. The van der Waals surface area contributed by atoms with E-state index in [1.54, 1.807) is 34.4 Å². The van der Waals surface area contributed by atoms with Crippen LogP contribution in [0.2, 0.25) is 0 Å². The molecule has 3 rings (SSSR count). The number of nitrogens with zero attached hydrogens (tertiary/aromatic N) is 2. The molecule has 2 aromatic heterocycles. The third kappa shape index (κ3) is 1.82. The lowest BCUT2D eigenvalue weighted by Gasteiger charge is -2.07. The first kappa shape index (κ1) is 9.45. The highest BCUT2D eigenvalue weighted by Crippen LogP contribution is 2.31. The van der Waals surface area contributed by atoms with Crippen molar-refractivity contribution in [1.29, 1.82) is 0 Å². The molecular formula is C10H8N2S3. The second-order valence-electron chi connectivity index (χ2n) is 3.01. The molecule has 0 atom stereocenters. The maximum atomic E-state index is 4.61. The minimum atomic E-state index is 0.924. The Kier molecular flexibility index (Phi) is 2.52. The molecule has 0 N–H and O–H groups in total. The summed E-state index contributed by atoms with van der Waals surface area (Å²) in [5, 5.41) is 13.2. The van der Waals surface area contributed by atoms with Crippen molar-refractivity contribution in [2.24, 2.45) is 5.10 Å². The number of thioether (sulfide) groups is 1. The summed E-state index contributed by atoms with van der Waals surface area (Å²) in [6.45, 7) is 0. The molecule has 3 heterocycles. The summed E-state index contributed by atoms with van der Waals surface area (Å²) in [6.07, 6.45) is 0. The fourth-order valence-corrected chi connectivity index (χ4v) is 3.83. The van der Waals surface area contributed by atoms with Gasteiger partial charge in [-0.05, 0) is 29.0 Å². The monoisotopic (exact) mass is 252 g/mol. The molecule has 1 aliphatic heterocycles. The van der Waals surface area contributed by atoms with Crippen LogP contribution in [0.4, 0.5) is 5.00 Å². The topological polar surface area (TPSA) is 15.6 Å². The Morgan fingerprint density at radius 2 is 2.00 bits per heavy atom. The summed E-state index contributed by atoms with van der Waals surface area (Å²) in [6, 6.07) is 8.35. The van der Waals surface area contributed by atoms with E-state index < -0.39 is 0 Å². The van der Waals surface area contributed by atoms with Crippen molar-refractivity contribution in [3.63, 3.8) is 0 Å². The molecule has 76 valence electrons. The summed E-state index contributed by atoms with van der Waals surface area (Å²) in [4.78, 5) is 1.26. The van der Waals surface area contributed by atoms with Gasteiger partial charge in [0.1, 0.15) is 10.0 Å². The van der Waals surface area contributed by atoms with Crippen molar-refractivity contribution in [2.45, 2.75) is 0 Å². The standard InChI is InChI=1S/C10H8N2S3/c1-3-8(13-5-1)10-11-12(7-15-10)9-4-2-6-14-9/h1-6H,7H2. The summed E-state index contributed by atoms with van der Waals surface area (Å²) in [5.41, 5.74) is 0. The van der Waals surface area contributed by atoms with Crippen LogP contribution in [-0.4, -0.2) is 10.9 Å². The molecule has 0 aliphatic carbocycles. The van der Waals surface area contributed by atoms with Crippen molar-refractivity contribution < 1.29 is 0 Å². The highest BCUT2D eigenvalue weighted by atomic mass is 32.2. The Bertz CT molecular complexity index is 459.